The Balaban J connectivity index is 1.85. The highest BCUT2D eigenvalue weighted by Gasteiger charge is 2.17. The molecule has 0 aliphatic carbocycles. The molecule has 6 nitrogen and oxygen atoms in total. The average Bonchev–Trinajstić information content (AvgIpc) is 3.00. The minimum absolute atomic E-state index is 0.737. The molecule has 0 saturated carbocycles. The van der Waals surface area contributed by atoms with Gasteiger partial charge < -0.3 is 4.90 Å². The normalized spacial score (nSPS) is 14.8. The summed E-state index contributed by atoms with van der Waals surface area (Å²) in [5.74, 6) is 0.853. The monoisotopic (exact) mass is 278 g/mol. The number of benzene rings is 1. The number of aromatic nitrogens is 5. The highest BCUT2D eigenvalue weighted by atomic mass is 15.5. The molecule has 0 unspecified atom stereocenters. The summed E-state index contributed by atoms with van der Waals surface area (Å²) >= 11 is 0. The summed E-state index contributed by atoms with van der Waals surface area (Å²) in [6, 6.07) is 9.89. The van der Waals surface area contributed by atoms with Crippen molar-refractivity contribution in [3.63, 3.8) is 0 Å². The maximum Gasteiger partial charge on any atom is 0.189 e. The fourth-order valence-electron chi connectivity index (χ4n) is 2.54. The van der Waals surface area contributed by atoms with Crippen LogP contribution in [0.25, 0.3) is 16.9 Å². The Bertz CT molecular complexity index is 792. The molecule has 0 N–H and O–H groups in total. The minimum Gasteiger partial charge on any atom is -0.351 e. The molecule has 0 spiro atoms. The summed E-state index contributed by atoms with van der Waals surface area (Å²) in [6.07, 6.45) is 6.95. The van der Waals surface area contributed by atoms with Crippen molar-refractivity contribution in [2.45, 2.75) is 6.42 Å². The zero-order chi connectivity index (χ0) is 14.1. The molecule has 3 aromatic rings. The molecule has 0 fully saturated rings. The third-order valence-corrected chi connectivity index (χ3v) is 3.58. The van der Waals surface area contributed by atoms with Crippen molar-refractivity contribution in [1.82, 2.24) is 25.0 Å². The van der Waals surface area contributed by atoms with Crippen molar-refractivity contribution in [3.8, 4) is 5.69 Å². The fraction of sp³-hybridized carbons (Fsp3) is 0.200. The SMILES string of the molecule is C1=CCN(c2ncnc3c2nnn3-c2ccccc2)CC1. The van der Waals surface area contributed by atoms with Gasteiger partial charge in [-0.05, 0) is 18.6 Å². The summed E-state index contributed by atoms with van der Waals surface area (Å²) in [4.78, 5) is 11.0. The molecule has 0 bridgehead atoms. The van der Waals surface area contributed by atoms with Gasteiger partial charge in [-0.2, -0.15) is 4.68 Å². The van der Waals surface area contributed by atoms with E-state index in [1.807, 2.05) is 30.3 Å². The summed E-state index contributed by atoms with van der Waals surface area (Å²) < 4.78 is 1.75. The largest absolute Gasteiger partial charge is 0.351 e. The molecule has 0 amide bonds. The molecule has 2 aromatic heterocycles. The summed E-state index contributed by atoms with van der Waals surface area (Å²) in [6.45, 7) is 1.80. The number of hydrogen-bond donors (Lipinski definition) is 0. The van der Waals surface area contributed by atoms with E-state index in [-0.39, 0.29) is 0 Å². The first-order valence-corrected chi connectivity index (χ1v) is 6.95. The minimum atomic E-state index is 0.737. The van der Waals surface area contributed by atoms with Gasteiger partial charge in [-0.25, -0.2) is 9.97 Å². The van der Waals surface area contributed by atoms with Crippen molar-refractivity contribution in [2.24, 2.45) is 0 Å². The van der Waals surface area contributed by atoms with E-state index in [9.17, 15) is 0 Å². The van der Waals surface area contributed by atoms with Crippen LogP contribution in [0.5, 0.6) is 0 Å². The lowest BCUT2D eigenvalue weighted by Crippen LogP contribution is -2.27. The van der Waals surface area contributed by atoms with E-state index < -0.39 is 0 Å². The number of rotatable bonds is 2. The molecule has 0 saturated heterocycles. The van der Waals surface area contributed by atoms with Crippen LogP contribution in [0.2, 0.25) is 0 Å². The highest BCUT2D eigenvalue weighted by molar-refractivity contribution is 5.83. The first-order chi connectivity index (χ1) is 10.4. The van der Waals surface area contributed by atoms with Gasteiger partial charge in [-0.3, -0.25) is 0 Å². The van der Waals surface area contributed by atoms with Gasteiger partial charge in [0, 0.05) is 13.1 Å². The van der Waals surface area contributed by atoms with Gasteiger partial charge in [-0.15, -0.1) is 5.10 Å². The van der Waals surface area contributed by atoms with Gasteiger partial charge in [0.1, 0.15) is 6.33 Å². The first-order valence-electron chi connectivity index (χ1n) is 6.95. The molecule has 0 radical (unpaired) electrons. The third kappa shape index (κ3) is 2.05. The van der Waals surface area contributed by atoms with Crippen LogP contribution < -0.4 is 4.90 Å². The standard InChI is InChI=1S/C15H14N6/c1-3-7-12(8-4-1)21-15-13(18-19-21)14(16-11-17-15)20-9-5-2-6-10-20/h1-5,7-8,11H,6,9-10H2. The highest BCUT2D eigenvalue weighted by Crippen LogP contribution is 2.23. The first kappa shape index (κ1) is 12.0. The molecule has 1 aromatic carbocycles. The summed E-state index contributed by atoms with van der Waals surface area (Å²) in [5, 5.41) is 8.53. The van der Waals surface area contributed by atoms with E-state index in [1.54, 1.807) is 11.0 Å². The van der Waals surface area contributed by atoms with E-state index >= 15 is 0 Å². The lowest BCUT2D eigenvalue weighted by Gasteiger charge is -2.23. The Kier molecular flexibility index (Phi) is 2.85. The van der Waals surface area contributed by atoms with Gasteiger partial charge in [-0.1, -0.05) is 35.6 Å². The van der Waals surface area contributed by atoms with Gasteiger partial charge in [0.15, 0.2) is 17.0 Å². The Morgan fingerprint density at radius 2 is 1.90 bits per heavy atom. The predicted molar refractivity (Wildman–Crippen MR) is 80.4 cm³/mol. The van der Waals surface area contributed by atoms with Crippen LogP contribution in [0.3, 0.4) is 0 Å². The number of para-hydroxylation sites is 1. The van der Waals surface area contributed by atoms with E-state index in [0.29, 0.717) is 0 Å². The van der Waals surface area contributed by atoms with E-state index in [0.717, 1.165) is 42.2 Å². The van der Waals surface area contributed by atoms with Crippen LogP contribution in [-0.4, -0.2) is 38.1 Å². The van der Waals surface area contributed by atoms with Gasteiger partial charge in [0.25, 0.3) is 0 Å². The van der Waals surface area contributed by atoms with Crippen molar-refractivity contribution in [1.29, 1.82) is 0 Å². The molecular weight excluding hydrogens is 264 g/mol. The van der Waals surface area contributed by atoms with Crippen LogP contribution in [0.4, 0.5) is 5.82 Å². The molecule has 4 rings (SSSR count). The third-order valence-electron chi connectivity index (χ3n) is 3.58. The van der Waals surface area contributed by atoms with Crippen molar-refractivity contribution < 1.29 is 0 Å². The van der Waals surface area contributed by atoms with Crippen molar-refractivity contribution in [2.75, 3.05) is 18.0 Å². The summed E-state index contributed by atoms with van der Waals surface area (Å²) in [5.41, 5.74) is 2.43. The van der Waals surface area contributed by atoms with Gasteiger partial charge in [0.05, 0.1) is 5.69 Å². The molecule has 3 heterocycles. The van der Waals surface area contributed by atoms with E-state index in [4.69, 9.17) is 0 Å². The topological polar surface area (TPSA) is 59.7 Å². The zero-order valence-electron chi connectivity index (χ0n) is 11.4. The molecule has 1 aliphatic heterocycles. The van der Waals surface area contributed by atoms with Crippen LogP contribution in [0, 0.1) is 0 Å². The molecule has 21 heavy (non-hydrogen) atoms. The number of fused-ring (bicyclic) bond motifs is 1. The van der Waals surface area contributed by atoms with Gasteiger partial charge >= 0.3 is 0 Å². The maximum absolute atomic E-state index is 4.40. The molecule has 0 atom stereocenters. The Morgan fingerprint density at radius 3 is 2.71 bits per heavy atom. The van der Waals surface area contributed by atoms with Crippen molar-refractivity contribution >= 4 is 17.0 Å². The Hall–Kier alpha value is -2.76. The second kappa shape index (κ2) is 4.97. The lowest BCUT2D eigenvalue weighted by atomic mass is 10.2. The second-order valence-electron chi connectivity index (χ2n) is 4.91. The van der Waals surface area contributed by atoms with Crippen LogP contribution in [0.1, 0.15) is 6.42 Å². The maximum atomic E-state index is 4.40. The van der Waals surface area contributed by atoms with Gasteiger partial charge in [0.2, 0.25) is 0 Å². The lowest BCUT2D eigenvalue weighted by molar-refractivity contribution is 0.805. The van der Waals surface area contributed by atoms with Crippen LogP contribution in [-0.2, 0) is 0 Å². The molecule has 6 heteroatoms. The van der Waals surface area contributed by atoms with Crippen LogP contribution in [0.15, 0.2) is 48.8 Å². The summed E-state index contributed by atoms with van der Waals surface area (Å²) in [7, 11) is 0. The average molecular weight is 278 g/mol. The molecule has 104 valence electrons. The number of nitrogens with zero attached hydrogens (tertiary/aromatic N) is 6. The zero-order valence-corrected chi connectivity index (χ0v) is 11.4. The smallest absolute Gasteiger partial charge is 0.189 e. The number of hydrogen-bond acceptors (Lipinski definition) is 5. The number of anilines is 1. The van der Waals surface area contributed by atoms with Crippen LogP contribution >= 0.6 is 0 Å². The molecule has 1 aliphatic rings. The second-order valence-corrected chi connectivity index (χ2v) is 4.91. The molecular formula is C15H14N6. The fourth-order valence-corrected chi connectivity index (χ4v) is 2.54. The van der Waals surface area contributed by atoms with Crippen molar-refractivity contribution in [3.05, 3.63) is 48.8 Å². The Morgan fingerprint density at radius 1 is 1.00 bits per heavy atom. The Labute approximate surface area is 121 Å². The predicted octanol–water partition coefficient (Wildman–Crippen LogP) is 1.98. The van der Waals surface area contributed by atoms with E-state index in [1.165, 1.54) is 0 Å². The quantitative estimate of drug-likeness (QED) is 0.671. The van der Waals surface area contributed by atoms with E-state index in [2.05, 4.69) is 37.3 Å².